The fourth-order valence-corrected chi connectivity index (χ4v) is 1.17. The van der Waals surface area contributed by atoms with Gasteiger partial charge in [-0.2, -0.15) is 0 Å². The average Bonchev–Trinajstić information content (AvgIpc) is 2.13. The van der Waals surface area contributed by atoms with Crippen molar-refractivity contribution >= 4 is 0 Å². The Kier molecular flexibility index (Phi) is 4.01. The van der Waals surface area contributed by atoms with Gasteiger partial charge in [-0.3, -0.25) is 4.98 Å². The summed E-state index contributed by atoms with van der Waals surface area (Å²) in [4.78, 5) is 3.93. The van der Waals surface area contributed by atoms with Crippen LogP contribution in [0.4, 0.5) is 4.39 Å². The lowest BCUT2D eigenvalue weighted by Crippen LogP contribution is -2.32. The second kappa shape index (κ2) is 5.05. The molecule has 0 aliphatic carbocycles. The molecule has 0 atom stereocenters. The Morgan fingerprint density at radius 1 is 1.36 bits per heavy atom. The van der Waals surface area contributed by atoms with E-state index in [2.05, 4.69) is 10.3 Å². The van der Waals surface area contributed by atoms with E-state index in [1.165, 1.54) is 5.56 Å². The number of hydrogen-bond acceptors (Lipinski definition) is 2. The second-order valence-electron chi connectivity index (χ2n) is 4.00. The molecule has 0 bridgehead atoms. The quantitative estimate of drug-likeness (QED) is 0.728. The Balaban J connectivity index is 2.17. The zero-order chi connectivity index (χ0) is 10.4. The van der Waals surface area contributed by atoms with E-state index in [0.29, 0.717) is 6.54 Å². The van der Waals surface area contributed by atoms with Gasteiger partial charge in [-0.1, -0.05) is 0 Å². The van der Waals surface area contributed by atoms with Gasteiger partial charge in [-0.15, -0.1) is 0 Å². The fourth-order valence-electron chi connectivity index (χ4n) is 1.17. The molecule has 0 aliphatic heterocycles. The van der Waals surface area contributed by atoms with E-state index in [1.54, 1.807) is 26.2 Å². The van der Waals surface area contributed by atoms with Crippen LogP contribution >= 0.6 is 0 Å². The molecular weight excluding hydrogens is 179 g/mol. The number of alkyl halides is 1. The third kappa shape index (κ3) is 4.92. The maximum Gasteiger partial charge on any atom is 0.117 e. The first-order chi connectivity index (χ1) is 6.58. The molecule has 1 aromatic heterocycles. The summed E-state index contributed by atoms with van der Waals surface area (Å²) >= 11 is 0. The van der Waals surface area contributed by atoms with Gasteiger partial charge in [0.25, 0.3) is 0 Å². The maximum atomic E-state index is 13.0. The molecule has 0 amide bonds. The van der Waals surface area contributed by atoms with Gasteiger partial charge in [0.1, 0.15) is 5.67 Å². The minimum absolute atomic E-state index is 0.401. The first-order valence-corrected chi connectivity index (χ1v) is 4.86. The van der Waals surface area contributed by atoms with Gasteiger partial charge in [-0.25, -0.2) is 4.39 Å². The lowest BCUT2D eigenvalue weighted by Gasteiger charge is -2.14. The Hall–Kier alpha value is -0.960. The predicted octanol–water partition coefficient (Wildman–Crippen LogP) is 1.96. The van der Waals surface area contributed by atoms with Crippen molar-refractivity contribution in [2.24, 2.45) is 0 Å². The average molecular weight is 196 g/mol. The van der Waals surface area contributed by atoms with Gasteiger partial charge in [-0.05, 0) is 44.5 Å². The molecule has 1 aromatic rings. The molecule has 2 nitrogen and oxygen atoms in total. The van der Waals surface area contributed by atoms with Gasteiger partial charge in [0.2, 0.25) is 0 Å². The van der Waals surface area contributed by atoms with Gasteiger partial charge in [0, 0.05) is 18.9 Å². The molecule has 0 saturated heterocycles. The van der Waals surface area contributed by atoms with Crippen LogP contribution in [-0.2, 0) is 6.42 Å². The highest BCUT2D eigenvalue weighted by Gasteiger charge is 2.13. The van der Waals surface area contributed by atoms with Crippen LogP contribution in [0.25, 0.3) is 0 Å². The number of nitrogens with one attached hydrogen (secondary N) is 1. The standard InChI is InChI=1S/C11H17FN2/c1-11(2,12)9-14-8-5-10-3-6-13-7-4-10/h3-4,6-7,14H,5,8-9H2,1-2H3. The first kappa shape index (κ1) is 11.1. The van der Waals surface area contributed by atoms with E-state index >= 15 is 0 Å². The Morgan fingerprint density at radius 3 is 2.57 bits per heavy atom. The van der Waals surface area contributed by atoms with Gasteiger partial charge in [0.15, 0.2) is 0 Å². The molecule has 0 unspecified atom stereocenters. The molecule has 0 spiro atoms. The predicted molar refractivity (Wildman–Crippen MR) is 56.0 cm³/mol. The highest BCUT2D eigenvalue weighted by Crippen LogP contribution is 2.05. The van der Waals surface area contributed by atoms with Crippen molar-refractivity contribution in [2.75, 3.05) is 13.1 Å². The summed E-state index contributed by atoms with van der Waals surface area (Å²) in [6.45, 7) is 4.36. The summed E-state index contributed by atoms with van der Waals surface area (Å²) in [5.41, 5.74) is 0.0993. The molecule has 0 aliphatic rings. The number of pyridine rings is 1. The summed E-state index contributed by atoms with van der Waals surface area (Å²) < 4.78 is 13.0. The third-order valence-corrected chi connectivity index (χ3v) is 1.89. The van der Waals surface area contributed by atoms with Crippen molar-refractivity contribution in [3.05, 3.63) is 30.1 Å². The summed E-state index contributed by atoms with van der Waals surface area (Å²) in [5.74, 6) is 0. The Labute approximate surface area is 84.6 Å². The fraction of sp³-hybridized carbons (Fsp3) is 0.545. The van der Waals surface area contributed by atoms with E-state index in [4.69, 9.17) is 0 Å². The number of nitrogens with zero attached hydrogens (tertiary/aromatic N) is 1. The Bertz CT molecular complexity index is 254. The van der Waals surface area contributed by atoms with Crippen molar-refractivity contribution < 1.29 is 4.39 Å². The number of rotatable bonds is 5. The van der Waals surface area contributed by atoms with Crippen LogP contribution in [0.1, 0.15) is 19.4 Å². The van der Waals surface area contributed by atoms with Crippen LogP contribution in [-0.4, -0.2) is 23.7 Å². The van der Waals surface area contributed by atoms with Crippen LogP contribution in [0.15, 0.2) is 24.5 Å². The van der Waals surface area contributed by atoms with E-state index in [-0.39, 0.29) is 0 Å². The molecule has 1 N–H and O–H groups in total. The van der Waals surface area contributed by atoms with Crippen LogP contribution in [0, 0.1) is 0 Å². The normalized spacial score (nSPS) is 11.6. The summed E-state index contributed by atoms with van der Waals surface area (Å²) in [6.07, 6.45) is 4.46. The molecule has 3 heteroatoms. The van der Waals surface area contributed by atoms with Crippen LogP contribution in [0.5, 0.6) is 0 Å². The maximum absolute atomic E-state index is 13.0. The minimum atomic E-state index is -1.13. The van der Waals surface area contributed by atoms with Crippen LogP contribution in [0.2, 0.25) is 0 Å². The smallest absolute Gasteiger partial charge is 0.117 e. The monoisotopic (exact) mass is 196 g/mol. The minimum Gasteiger partial charge on any atom is -0.313 e. The molecule has 14 heavy (non-hydrogen) atoms. The van der Waals surface area contributed by atoms with Crippen LogP contribution in [0.3, 0.4) is 0 Å². The number of halogens is 1. The molecule has 0 radical (unpaired) electrons. The van der Waals surface area contributed by atoms with Crippen molar-refractivity contribution in [3.63, 3.8) is 0 Å². The molecular formula is C11H17FN2. The van der Waals surface area contributed by atoms with Gasteiger partial charge < -0.3 is 5.32 Å². The topological polar surface area (TPSA) is 24.9 Å². The van der Waals surface area contributed by atoms with Crippen molar-refractivity contribution in [3.8, 4) is 0 Å². The molecule has 0 fully saturated rings. The zero-order valence-corrected chi connectivity index (χ0v) is 8.76. The van der Waals surface area contributed by atoms with Gasteiger partial charge in [0.05, 0.1) is 0 Å². The highest BCUT2D eigenvalue weighted by molar-refractivity contribution is 5.09. The SMILES string of the molecule is CC(C)(F)CNCCc1ccncc1. The summed E-state index contributed by atoms with van der Waals surface area (Å²) in [6, 6.07) is 3.95. The lowest BCUT2D eigenvalue weighted by atomic mass is 10.1. The molecule has 1 heterocycles. The molecule has 1 rings (SSSR count). The van der Waals surface area contributed by atoms with E-state index in [1.807, 2.05) is 12.1 Å². The van der Waals surface area contributed by atoms with Crippen molar-refractivity contribution in [2.45, 2.75) is 25.9 Å². The highest BCUT2D eigenvalue weighted by atomic mass is 19.1. The molecule has 0 aromatic carbocycles. The zero-order valence-electron chi connectivity index (χ0n) is 8.76. The van der Waals surface area contributed by atoms with E-state index in [0.717, 1.165) is 13.0 Å². The van der Waals surface area contributed by atoms with E-state index < -0.39 is 5.67 Å². The second-order valence-corrected chi connectivity index (χ2v) is 4.00. The third-order valence-electron chi connectivity index (χ3n) is 1.89. The number of hydrogen-bond donors (Lipinski definition) is 1. The molecule has 78 valence electrons. The van der Waals surface area contributed by atoms with E-state index in [9.17, 15) is 4.39 Å². The summed E-state index contributed by atoms with van der Waals surface area (Å²) in [5, 5.41) is 3.08. The largest absolute Gasteiger partial charge is 0.313 e. The summed E-state index contributed by atoms with van der Waals surface area (Å²) in [7, 11) is 0. The Morgan fingerprint density at radius 2 is 2.00 bits per heavy atom. The van der Waals surface area contributed by atoms with Gasteiger partial charge >= 0.3 is 0 Å². The first-order valence-electron chi connectivity index (χ1n) is 4.86. The van der Waals surface area contributed by atoms with Crippen molar-refractivity contribution in [1.82, 2.24) is 10.3 Å². The lowest BCUT2D eigenvalue weighted by molar-refractivity contribution is 0.211. The molecule has 0 saturated carbocycles. The van der Waals surface area contributed by atoms with Crippen molar-refractivity contribution in [1.29, 1.82) is 0 Å². The van der Waals surface area contributed by atoms with Crippen LogP contribution < -0.4 is 5.32 Å². The number of aromatic nitrogens is 1.